The van der Waals surface area contributed by atoms with Crippen molar-refractivity contribution >= 4 is 21.7 Å². The van der Waals surface area contributed by atoms with Gasteiger partial charge in [-0.05, 0) is 54.2 Å². The van der Waals surface area contributed by atoms with Gasteiger partial charge in [0.25, 0.3) is 0 Å². The first-order chi connectivity index (χ1) is 14.2. The van der Waals surface area contributed by atoms with E-state index in [9.17, 15) is 0 Å². The second kappa shape index (κ2) is 5.44. The molecule has 2 aliphatic carbocycles. The minimum atomic E-state index is 0.117. The van der Waals surface area contributed by atoms with Gasteiger partial charge in [0.05, 0.1) is 10.8 Å². The molecule has 1 aromatic heterocycles. The van der Waals surface area contributed by atoms with Crippen molar-refractivity contribution in [1.29, 1.82) is 0 Å². The van der Waals surface area contributed by atoms with E-state index in [-0.39, 0.29) is 5.54 Å². The summed E-state index contributed by atoms with van der Waals surface area (Å²) < 4.78 is 14.5. The molecule has 2 bridgehead atoms. The van der Waals surface area contributed by atoms with E-state index in [1.807, 2.05) is 0 Å². The molecule has 3 heteroatoms. The average molecular weight is 387 g/mol. The van der Waals surface area contributed by atoms with E-state index in [0.717, 1.165) is 42.6 Å². The molecule has 148 valence electrons. The summed E-state index contributed by atoms with van der Waals surface area (Å²) in [4.78, 5) is 0. The first kappa shape index (κ1) is 16.5. The van der Waals surface area contributed by atoms with Crippen LogP contribution in [0.15, 0.2) is 24.4 Å². The van der Waals surface area contributed by atoms with E-state index < -0.39 is 0 Å². The molecule has 0 N–H and O–H groups in total. The van der Waals surface area contributed by atoms with Gasteiger partial charge >= 0.3 is 0 Å². The van der Waals surface area contributed by atoms with Crippen LogP contribution in [-0.4, -0.2) is 6.79 Å². The Bertz CT molecular complexity index is 1210. The first-order valence-electron chi connectivity index (χ1n) is 11.5. The number of fused-ring (bicyclic) bond motifs is 8. The summed E-state index contributed by atoms with van der Waals surface area (Å²) in [5.74, 6) is 3.46. The number of nitrogens with zero attached hydrogens (tertiary/aromatic N) is 1. The fourth-order valence-corrected chi connectivity index (χ4v) is 7.14. The number of benzene rings is 2. The highest BCUT2D eigenvalue weighted by Crippen LogP contribution is 2.54. The lowest BCUT2D eigenvalue weighted by molar-refractivity contribution is -0.744. The summed E-state index contributed by atoms with van der Waals surface area (Å²) in [5, 5.41) is 4.22. The first-order valence-corrected chi connectivity index (χ1v) is 11.5. The number of rotatable bonds is 2. The molecule has 3 aromatic rings. The maximum atomic E-state index is 6.02. The lowest BCUT2D eigenvalue weighted by Gasteiger charge is -2.33. The zero-order valence-corrected chi connectivity index (χ0v) is 17.4. The third-order valence-corrected chi connectivity index (χ3v) is 8.68. The summed E-state index contributed by atoms with van der Waals surface area (Å²) in [7, 11) is 0. The van der Waals surface area contributed by atoms with Crippen LogP contribution in [0.5, 0.6) is 11.5 Å². The molecule has 2 unspecified atom stereocenters. The zero-order chi connectivity index (χ0) is 19.3. The second-order valence-electron chi connectivity index (χ2n) is 9.69. The Morgan fingerprint density at radius 1 is 1.10 bits per heavy atom. The number of pyridine rings is 1. The SMILES string of the molecule is CCC1(CC)Cc2c3c(cc4ccc5c6c(c[n+]1c5c24)C1CCCC6C1)OCO3. The van der Waals surface area contributed by atoms with Gasteiger partial charge in [0.1, 0.15) is 0 Å². The third kappa shape index (κ3) is 1.88. The van der Waals surface area contributed by atoms with Crippen LogP contribution in [0.3, 0.4) is 0 Å². The van der Waals surface area contributed by atoms with Gasteiger partial charge in [-0.1, -0.05) is 26.3 Å². The predicted molar refractivity (Wildman–Crippen MR) is 114 cm³/mol. The van der Waals surface area contributed by atoms with Crippen LogP contribution in [0, 0.1) is 0 Å². The van der Waals surface area contributed by atoms with Crippen LogP contribution in [0.25, 0.3) is 21.7 Å². The molecular weight excluding hydrogens is 358 g/mol. The number of ether oxygens (including phenoxy) is 2. The smallest absolute Gasteiger partial charge is 0.231 e. The van der Waals surface area contributed by atoms with Crippen molar-refractivity contribution in [2.24, 2.45) is 0 Å². The van der Waals surface area contributed by atoms with Crippen molar-refractivity contribution in [3.05, 3.63) is 41.1 Å². The highest BCUT2D eigenvalue weighted by molar-refractivity contribution is 6.09. The summed E-state index contributed by atoms with van der Waals surface area (Å²) in [6.45, 7) is 5.07. The normalized spacial score (nSPS) is 25.2. The number of hydrogen-bond acceptors (Lipinski definition) is 2. The molecule has 4 aliphatic rings. The Morgan fingerprint density at radius 2 is 1.97 bits per heavy atom. The predicted octanol–water partition coefficient (Wildman–Crippen LogP) is 5.84. The van der Waals surface area contributed by atoms with Gasteiger partial charge in [-0.3, -0.25) is 0 Å². The van der Waals surface area contributed by atoms with Gasteiger partial charge < -0.3 is 9.47 Å². The lowest BCUT2D eigenvalue weighted by Crippen LogP contribution is -2.59. The molecule has 1 saturated carbocycles. The molecule has 2 atom stereocenters. The molecule has 7 rings (SSSR count). The van der Waals surface area contributed by atoms with E-state index >= 15 is 0 Å². The summed E-state index contributed by atoms with van der Waals surface area (Å²) >= 11 is 0. The largest absolute Gasteiger partial charge is 0.454 e. The topological polar surface area (TPSA) is 22.3 Å². The van der Waals surface area contributed by atoms with E-state index in [4.69, 9.17) is 9.47 Å². The maximum Gasteiger partial charge on any atom is 0.231 e. The quantitative estimate of drug-likeness (QED) is 0.408. The van der Waals surface area contributed by atoms with E-state index in [1.54, 1.807) is 11.1 Å². The van der Waals surface area contributed by atoms with E-state index in [2.05, 4.69) is 42.8 Å². The number of hydrogen-bond donors (Lipinski definition) is 0. The van der Waals surface area contributed by atoms with Crippen molar-refractivity contribution in [2.75, 3.05) is 6.79 Å². The molecule has 1 fully saturated rings. The average Bonchev–Trinajstić information content (AvgIpc) is 3.33. The standard InChI is InChI=1S/C26H28NO2/c1-3-26(4-2)12-19-23-17(11-21-25(19)29-14-28-21)8-9-18-22-16-7-5-6-15(10-16)20(22)13-27(26)24(18)23/h8-9,11,13,15-16H,3-7,10,12,14H2,1-2H3/q+1. The highest BCUT2D eigenvalue weighted by atomic mass is 16.7. The van der Waals surface area contributed by atoms with Gasteiger partial charge in [0.2, 0.25) is 12.3 Å². The van der Waals surface area contributed by atoms with Crippen LogP contribution >= 0.6 is 0 Å². The van der Waals surface area contributed by atoms with Crippen LogP contribution in [0.2, 0.25) is 0 Å². The molecule has 3 nitrogen and oxygen atoms in total. The van der Waals surface area contributed by atoms with Crippen molar-refractivity contribution in [3.8, 4) is 11.5 Å². The van der Waals surface area contributed by atoms with Gasteiger partial charge in [0, 0.05) is 30.4 Å². The molecule has 2 aliphatic heterocycles. The van der Waals surface area contributed by atoms with Crippen molar-refractivity contribution in [3.63, 3.8) is 0 Å². The second-order valence-corrected chi connectivity index (χ2v) is 9.69. The van der Waals surface area contributed by atoms with Gasteiger partial charge in [-0.2, -0.15) is 4.57 Å². The fourth-order valence-electron chi connectivity index (χ4n) is 7.14. The molecule has 0 spiro atoms. The Balaban J connectivity index is 1.69. The minimum Gasteiger partial charge on any atom is -0.454 e. The molecule has 2 aromatic carbocycles. The molecule has 29 heavy (non-hydrogen) atoms. The van der Waals surface area contributed by atoms with Crippen molar-refractivity contribution in [1.82, 2.24) is 0 Å². The summed E-state index contributed by atoms with van der Waals surface area (Å²) in [5.41, 5.74) is 6.29. The highest BCUT2D eigenvalue weighted by Gasteiger charge is 2.48. The number of aromatic nitrogens is 1. The van der Waals surface area contributed by atoms with Crippen LogP contribution < -0.4 is 14.0 Å². The molecule has 0 saturated heterocycles. The van der Waals surface area contributed by atoms with Crippen LogP contribution in [-0.2, 0) is 12.0 Å². The van der Waals surface area contributed by atoms with E-state index in [1.165, 1.54) is 52.9 Å². The molecule has 3 heterocycles. The Labute approximate surface area is 171 Å². The molecular formula is C26H28NO2+. The lowest BCUT2D eigenvalue weighted by atomic mass is 9.78. The monoisotopic (exact) mass is 386 g/mol. The third-order valence-electron chi connectivity index (χ3n) is 8.68. The summed E-state index contributed by atoms with van der Waals surface area (Å²) in [6.07, 6.45) is 11.4. The van der Waals surface area contributed by atoms with Gasteiger partial charge in [-0.25, -0.2) is 0 Å². The molecule has 0 amide bonds. The Kier molecular flexibility index (Phi) is 3.10. The van der Waals surface area contributed by atoms with Gasteiger partial charge in [0.15, 0.2) is 23.2 Å². The van der Waals surface area contributed by atoms with Crippen LogP contribution in [0.1, 0.15) is 80.9 Å². The minimum absolute atomic E-state index is 0.117. The Morgan fingerprint density at radius 3 is 2.83 bits per heavy atom. The zero-order valence-electron chi connectivity index (χ0n) is 17.4. The van der Waals surface area contributed by atoms with E-state index in [0.29, 0.717) is 6.79 Å². The molecule has 0 radical (unpaired) electrons. The maximum absolute atomic E-state index is 6.02. The van der Waals surface area contributed by atoms with Crippen molar-refractivity contribution < 1.29 is 14.0 Å². The van der Waals surface area contributed by atoms with Crippen LogP contribution in [0.4, 0.5) is 0 Å². The van der Waals surface area contributed by atoms with Gasteiger partial charge in [-0.15, -0.1) is 0 Å². The Hall–Kier alpha value is -2.29. The summed E-state index contributed by atoms with van der Waals surface area (Å²) in [6, 6.07) is 6.95. The van der Waals surface area contributed by atoms with Crippen molar-refractivity contribution in [2.45, 2.75) is 76.2 Å². The fraction of sp³-hybridized carbons (Fsp3) is 0.500.